The van der Waals surface area contributed by atoms with Gasteiger partial charge >= 0.3 is 10.2 Å². The molecule has 0 aliphatic carbocycles. The minimum atomic E-state index is -4.03. The fourth-order valence-electron chi connectivity index (χ4n) is 3.95. The lowest BCUT2D eigenvalue weighted by molar-refractivity contribution is 0.0980. The fourth-order valence-corrected chi connectivity index (χ4v) is 4.95. The molecule has 0 atom stereocenters. The van der Waals surface area contributed by atoms with Gasteiger partial charge in [0.25, 0.3) is 5.91 Å². The van der Waals surface area contributed by atoms with Gasteiger partial charge in [0.2, 0.25) is 0 Å². The fraction of sp³-hybridized carbons (Fsp3) is 0.304. The number of nitrogens with zero attached hydrogens (tertiary/aromatic N) is 4. The molecular formula is C23H25F2N5O3S. The molecule has 0 saturated heterocycles. The van der Waals surface area contributed by atoms with Gasteiger partial charge in [0.1, 0.15) is 11.6 Å². The Morgan fingerprint density at radius 3 is 2.74 bits per heavy atom. The van der Waals surface area contributed by atoms with Crippen LogP contribution in [-0.4, -0.2) is 48.4 Å². The molecule has 0 radical (unpaired) electrons. The van der Waals surface area contributed by atoms with Crippen LogP contribution in [0.25, 0.3) is 11.2 Å². The summed E-state index contributed by atoms with van der Waals surface area (Å²) in [4.78, 5) is 14.7. The van der Waals surface area contributed by atoms with E-state index in [-0.39, 0.29) is 23.6 Å². The van der Waals surface area contributed by atoms with E-state index in [2.05, 4.69) is 9.82 Å². The van der Waals surface area contributed by atoms with Crippen molar-refractivity contribution in [1.82, 2.24) is 18.6 Å². The summed E-state index contributed by atoms with van der Waals surface area (Å²) in [7, 11) is -2.63. The van der Waals surface area contributed by atoms with E-state index in [1.807, 2.05) is 24.8 Å². The van der Waals surface area contributed by atoms with Gasteiger partial charge in [0, 0.05) is 43.3 Å². The maximum Gasteiger partial charge on any atom is 0.303 e. The van der Waals surface area contributed by atoms with E-state index in [0.29, 0.717) is 29.9 Å². The molecule has 11 heteroatoms. The van der Waals surface area contributed by atoms with Gasteiger partial charge in [0.05, 0.1) is 17.3 Å². The second-order valence-electron chi connectivity index (χ2n) is 8.54. The molecule has 1 aliphatic heterocycles. The average Bonchev–Trinajstić information content (AvgIpc) is 3.41. The van der Waals surface area contributed by atoms with Crippen LogP contribution in [0.2, 0.25) is 0 Å². The van der Waals surface area contributed by atoms with E-state index in [9.17, 15) is 22.0 Å². The third-order valence-electron chi connectivity index (χ3n) is 5.50. The number of benzene rings is 1. The van der Waals surface area contributed by atoms with E-state index < -0.39 is 27.8 Å². The number of fused-ring (bicyclic) bond motifs is 1. The summed E-state index contributed by atoms with van der Waals surface area (Å²) in [5.74, 6) is -1.81. The van der Waals surface area contributed by atoms with E-state index in [1.54, 1.807) is 18.3 Å². The Morgan fingerprint density at radius 1 is 1.24 bits per heavy atom. The molecule has 34 heavy (non-hydrogen) atoms. The molecule has 1 N–H and O–H groups in total. The molecule has 2 aromatic heterocycles. The summed E-state index contributed by atoms with van der Waals surface area (Å²) in [6.45, 7) is 4.53. The summed E-state index contributed by atoms with van der Waals surface area (Å²) >= 11 is 0. The first kappa shape index (κ1) is 23.8. The molecule has 4 rings (SSSR count). The predicted molar refractivity (Wildman–Crippen MR) is 125 cm³/mol. The lowest BCUT2D eigenvalue weighted by Crippen LogP contribution is -2.42. The molecule has 0 saturated carbocycles. The Labute approximate surface area is 196 Å². The van der Waals surface area contributed by atoms with Crippen molar-refractivity contribution >= 4 is 33.0 Å². The highest BCUT2D eigenvalue weighted by atomic mass is 32.2. The summed E-state index contributed by atoms with van der Waals surface area (Å²) in [6, 6.07) is 6.71. The van der Waals surface area contributed by atoms with Gasteiger partial charge in [-0.2, -0.15) is 17.8 Å². The SMILES string of the molecule is CC(C)CN(C)S(=O)(=O)NC(=O)c1cnn2ccc(N3CCC=C3c3cc(F)ccc3F)cc12. The van der Waals surface area contributed by atoms with Crippen molar-refractivity contribution in [3.63, 3.8) is 0 Å². The molecular weight excluding hydrogens is 464 g/mol. The zero-order valence-electron chi connectivity index (χ0n) is 19.0. The minimum Gasteiger partial charge on any atom is -0.341 e. The molecule has 0 bridgehead atoms. The molecule has 3 aromatic rings. The second kappa shape index (κ2) is 9.15. The average molecular weight is 490 g/mol. The highest BCUT2D eigenvalue weighted by molar-refractivity contribution is 7.87. The van der Waals surface area contributed by atoms with Crippen molar-refractivity contribution in [2.45, 2.75) is 20.3 Å². The van der Waals surface area contributed by atoms with Crippen molar-refractivity contribution in [3.8, 4) is 0 Å². The van der Waals surface area contributed by atoms with Gasteiger partial charge < -0.3 is 4.90 Å². The standard InChI is InChI=1S/C23H25F2N5O3S/c1-15(2)14-28(3)34(32,33)27-23(31)19-13-26-30-10-8-17(12-22(19)30)29-9-4-5-21(29)18-11-16(24)6-7-20(18)25/h5-8,10-13,15H,4,9,14H2,1-3H3,(H,27,31). The normalized spacial score (nSPS) is 14.3. The number of hydrogen-bond donors (Lipinski definition) is 1. The lowest BCUT2D eigenvalue weighted by atomic mass is 10.1. The van der Waals surface area contributed by atoms with Crippen molar-refractivity contribution in [1.29, 1.82) is 0 Å². The lowest BCUT2D eigenvalue weighted by Gasteiger charge is -2.23. The van der Waals surface area contributed by atoms with Crippen LogP contribution in [0.3, 0.4) is 0 Å². The Kier molecular flexibility index (Phi) is 6.41. The van der Waals surface area contributed by atoms with Crippen LogP contribution < -0.4 is 9.62 Å². The molecule has 1 aromatic carbocycles. The molecule has 3 heterocycles. The third-order valence-corrected chi connectivity index (χ3v) is 6.91. The topological polar surface area (TPSA) is 87.0 Å². The second-order valence-corrected chi connectivity index (χ2v) is 10.3. The Morgan fingerprint density at radius 2 is 2.00 bits per heavy atom. The number of carbonyl (C=O) groups is 1. The monoisotopic (exact) mass is 489 g/mol. The van der Waals surface area contributed by atoms with Gasteiger partial charge in [-0.25, -0.2) is 18.0 Å². The quantitative estimate of drug-likeness (QED) is 0.550. The summed E-state index contributed by atoms with van der Waals surface area (Å²) < 4.78 is 57.9. The highest BCUT2D eigenvalue weighted by Crippen LogP contribution is 2.33. The minimum absolute atomic E-state index is 0.0741. The summed E-state index contributed by atoms with van der Waals surface area (Å²) in [5, 5.41) is 4.14. The predicted octanol–water partition coefficient (Wildman–Crippen LogP) is 3.43. The van der Waals surface area contributed by atoms with Gasteiger partial charge in [-0.3, -0.25) is 4.79 Å². The van der Waals surface area contributed by atoms with Gasteiger partial charge in [-0.15, -0.1) is 0 Å². The van der Waals surface area contributed by atoms with E-state index >= 15 is 0 Å². The molecule has 8 nitrogen and oxygen atoms in total. The van der Waals surface area contributed by atoms with Crippen molar-refractivity contribution in [3.05, 3.63) is 71.6 Å². The molecule has 180 valence electrons. The number of amides is 1. The number of aromatic nitrogens is 2. The number of nitrogens with one attached hydrogen (secondary N) is 1. The van der Waals surface area contributed by atoms with E-state index in [0.717, 1.165) is 22.5 Å². The largest absolute Gasteiger partial charge is 0.341 e. The molecule has 1 amide bonds. The zero-order chi connectivity index (χ0) is 24.6. The molecule has 0 unspecified atom stereocenters. The van der Waals surface area contributed by atoms with Crippen LogP contribution in [0.4, 0.5) is 14.5 Å². The number of rotatable bonds is 7. The summed E-state index contributed by atoms with van der Waals surface area (Å²) in [6.07, 6.45) is 5.37. The summed E-state index contributed by atoms with van der Waals surface area (Å²) in [5.41, 5.74) is 1.75. The third kappa shape index (κ3) is 4.66. The maximum absolute atomic E-state index is 14.4. The molecule has 0 spiro atoms. The van der Waals surface area contributed by atoms with Crippen LogP contribution in [0, 0.1) is 17.6 Å². The van der Waals surface area contributed by atoms with Gasteiger partial charge in [-0.05, 0) is 42.7 Å². The Balaban J connectivity index is 1.65. The molecule has 0 fully saturated rings. The Bertz CT molecular complexity index is 1380. The first-order valence-electron chi connectivity index (χ1n) is 10.8. The highest BCUT2D eigenvalue weighted by Gasteiger charge is 2.26. The zero-order valence-corrected chi connectivity index (χ0v) is 19.8. The number of anilines is 1. The van der Waals surface area contributed by atoms with Crippen LogP contribution in [0.15, 0.2) is 48.8 Å². The first-order chi connectivity index (χ1) is 16.1. The number of hydrogen-bond acceptors (Lipinski definition) is 5. The number of halogens is 2. The van der Waals surface area contributed by atoms with Crippen molar-refractivity contribution in [2.24, 2.45) is 5.92 Å². The van der Waals surface area contributed by atoms with Crippen LogP contribution in [0.1, 0.15) is 36.2 Å². The number of pyridine rings is 1. The van der Waals surface area contributed by atoms with Crippen LogP contribution in [-0.2, 0) is 10.2 Å². The van der Waals surface area contributed by atoms with Crippen LogP contribution >= 0.6 is 0 Å². The first-order valence-corrected chi connectivity index (χ1v) is 12.2. The number of carbonyl (C=O) groups excluding carboxylic acids is 1. The van der Waals surface area contributed by atoms with E-state index in [1.165, 1.54) is 17.8 Å². The van der Waals surface area contributed by atoms with E-state index in [4.69, 9.17) is 0 Å². The Hall–Kier alpha value is -3.31. The van der Waals surface area contributed by atoms with Gasteiger partial charge in [-0.1, -0.05) is 19.9 Å². The van der Waals surface area contributed by atoms with Crippen molar-refractivity contribution < 1.29 is 22.0 Å². The van der Waals surface area contributed by atoms with Crippen LogP contribution in [0.5, 0.6) is 0 Å². The van der Waals surface area contributed by atoms with Gasteiger partial charge in [0.15, 0.2) is 0 Å². The maximum atomic E-state index is 14.4. The van der Waals surface area contributed by atoms with Crippen molar-refractivity contribution in [2.75, 3.05) is 25.0 Å². The molecule has 1 aliphatic rings. The smallest absolute Gasteiger partial charge is 0.303 e.